The van der Waals surface area contributed by atoms with Gasteiger partial charge in [-0.1, -0.05) is 121 Å². The monoisotopic (exact) mass is 562 g/mol. The van der Waals surface area contributed by atoms with Crippen molar-refractivity contribution in [3.63, 3.8) is 0 Å². The number of allylic oxidation sites excluding steroid dienone is 1. The van der Waals surface area contributed by atoms with Gasteiger partial charge in [-0.2, -0.15) is 0 Å². The summed E-state index contributed by atoms with van der Waals surface area (Å²) in [6, 6.07) is 46.0. The number of aliphatic imine (C=N–C) groups is 1. The number of ether oxygens (including phenoxy) is 1. The van der Waals surface area contributed by atoms with Gasteiger partial charge in [-0.3, -0.25) is 9.69 Å². The van der Waals surface area contributed by atoms with Gasteiger partial charge in [0.15, 0.2) is 0 Å². The number of carbonyl (C=O) groups is 1. The fraction of sp³-hybridized carbons (Fsp3) is 0.0526. The Morgan fingerprint density at radius 3 is 1.91 bits per heavy atom. The number of benzene rings is 5. The lowest BCUT2D eigenvalue weighted by Crippen LogP contribution is -2.34. The van der Waals surface area contributed by atoms with E-state index >= 15 is 0 Å². The van der Waals surface area contributed by atoms with Crippen molar-refractivity contribution in [2.45, 2.75) is 13.0 Å². The van der Waals surface area contributed by atoms with Gasteiger partial charge in [0.2, 0.25) is 5.90 Å². The summed E-state index contributed by atoms with van der Waals surface area (Å²) in [6.07, 6.45) is 2.48. The molecule has 0 aliphatic carbocycles. The highest BCUT2D eigenvalue weighted by molar-refractivity contribution is 6.17. The quantitative estimate of drug-likeness (QED) is 0.207. The number of nitrogens with zero attached hydrogens (tertiary/aromatic N) is 2. The van der Waals surface area contributed by atoms with Crippen LogP contribution in [0.4, 0.5) is 5.69 Å². The Morgan fingerprint density at radius 1 is 0.698 bits per heavy atom. The minimum atomic E-state index is -0.387. The minimum Gasteiger partial charge on any atom is -0.507 e. The Bertz CT molecular complexity index is 1800. The van der Waals surface area contributed by atoms with E-state index in [4.69, 9.17) is 9.73 Å². The molecule has 0 unspecified atom stereocenters. The predicted octanol–water partition coefficient (Wildman–Crippen LogP) is 8.21. The lowest BCUT2D eigenvalue weighted by atomic mass is 10.00. The highest BCUT2D eigenvalue weighted by Crippen LogP contribution is 2.37. The van der Waals surface area contributed by atoms with Crippen LogP contribution in [0.2, 0.25) is 0 Å². The van der Waals surface area contributed by atoms with Crippen molar-refractivity contribution in [2.24, 2.45) is 4.99 Å². The molecule has 0 aromatic heterocycles. The first kappa shape index (κ1) is 27.5. The van der Waals surface area contributed by atoms with Crippen LogP contribution < -0.4 is 4.90 Å². The SMILES string of the molecule is O=C(c1ccccc1O)N(C1=C(Cc2ccccc2)/C(=C/c2ccccc2)OC1=NCc1ccccc1)c1ccccc1. The molecule has 1 aliphatic rings. The molecule has 5 aromatic rings. The second-order valence-electron chi connectivity index (χ2n) is 10.1. The molecule has 0 fully saturated rings. The Morgan fingerprint density at radius 2 is 1.26 bits per heavy atom. The topological polar surface area (TPSA) is 62.1 Å². The molecule has 5 nitrogen and oxygen atoms in total. The van der Waals surface area contributed by atoms with E-state index < -0.39 is 0 Å². The van der Waals surface area contributed by atoms with Crippen molar-refractivity contribution >= 4 is 23.6 Å². The van der Waals surface area contributed by atoms with Gasteiger partial charge in [0, 0.05) is 17.7 Å². The van der Waals surface area contributed by atoms with Gasteiger partial charge in [0.1, 0.15) is 17.2 Å². The normalized spacial score (nSPS) is 14.6. The van der Waals surface area contributed by atoms with Crippen molar-refractivity contribution in [1.82, 2.24) is 0 Å². The second kappa shape index (κ2) is 12.9. The third kappa shape index (κ3) is 6.31. The molecule has 1 N–H and O–H groups in total. The van der Waals surface area contributed by atoms with Gasteiger partial charge in [-0.15, -0.1) is 0 Å². The summed E-state index contributed by atoms with van der Waals surface area (Å²) in [5.41, 5.74) is 5.21. The molecule has 0 bridgehead atoms. The number of hydrogen-bond donors (Lipinski definition) is 1. The maximum Gasteiger partial charge on any atom is 0.266 e. The fourth-order valence-corrected chi connectivity index (χ4v) is 5.03. The van der Waals surface area contributed by atoms with E-state index in [9.17, 15) is 9.90 Å². The molecule has 43 heavy (non-hydrogen) atoms. The molecular formula is C38H30N2O3. The van der Waals surface area contributed by atoms with E-state index in [1.807, 2.05) is 115 Å². The van der Waals surface area contributed by atoms with Gasteiger partial charge in [0.25, 0.3) is 5.91 Å². The van der Waals surface area contributed by atoms with E-state index in [1.165, 1.54) is 6.07 Å². The van der Waals surface area contributed by atoms with Gasteiger partial charge in [-0.25, -0.2) is 4.99 Å². The van der Waals surface area contributed by atoms with Gasteiger partial charge >= 0.3 is 0 Å². The standard InChI is InChI=1S/C38H30N2O3/c41-34-24-14-13-23-32(34)38(42)40(31-21-11-4-12-22-31)36-33(25-28-15-5-1-6-16-28)35(26-29-17-7-2-8-18-29)43-37(36)39-27-30-19-9-3-10-20-30/h1-24,26,41H,25,27H2/b35-26-,39-37?. The smallest absolute Gasteiger partial charge is 0.266 e. The third-order valence-corrected chi connectivity index (χ3v) is 7.14. The third-order valence-electron chi connectivity index (χ3n) is 7.14. The number of rotatable bonds is 8. The summed E-state index contributed by atoms with van der Waals surface area (Å²) in [7, 11) is 0. The number of para-hydroxylation sites is 2. The first-order valence-corrected chi connectivity index (χ1v) is 14.2. The molecule has 1 heterocycles. The molecule has 0 saturated carbocycles. The van der Waals surface area contributed by atoms with Crippen molar-refractivity contribution in [2.75, 3.05) is 4.90 Å². The number of phenolic OH excluding ortho intramolecular Hbond substituents is 1. The van der Waals surface area contributed by atoms with Gasteiger partial charge in [0.05, 0.1) is 12.1 Å². The Hall–Kier alpha value is -5.68. The molecule has 0 atom stereocenters. The van der Waals surface area contributed by atoms with E-state index in [-0.39, 0.29) is 17.2 Å². The van der Waals surface area contributed by atoms with Crippen molar-refractivity contribution in [3.8, 4) is 5.75 Å². The Labute approximate surface area is 251 Å². The number of anilines is 1. The average Bonchev–Trinajstić information content (AvgIpc) is 3.38. The van der Waals surface area contributed by atoms with Crippen molar-refractivity contribution in [3.05, 3.63) is 185 Å². The molecule has 210 valence electrons. The van der Waals surface area contributed by atoms with E-state index in [1.54, 1.807) is 23.1 Å². The summed E-state index contributed by atoms with van der Waals surface area (Å²) in [6.45, 7) is 0.365. The molecular weight excluding hydrogens is 532 g/mol. The molecule has 6 rings (SSSR count). The summed E-state index contributed by atoms with van der Waals surface area (Å²) >= 11 is 0. The zero-order valence-electron chi connectivity index (χ0n) is 23.5. The highest BCUT2D eigenvalue weighted by Gasteiger charge is 2.37. The Balaban J connectivity index is 1.59. The predicted molar refractivity (Wildman–Crippen MR) is 172 cm³/mol. The zero-order chi connectivity index (χ0) is 29.4. The van der Waals surface area contributed by atoms with Crippen LogP contribution in [0.5, 0.6) is 5.75 Å². The highest BCUT2D eigenvalue weighted by atomic mass is 16.5. The van der Waals surface area contributed by atoms with Crippen LogP contribution in [0.15, 0.2) is 168 Å². The molecule has 0 spiro atoms. The summed E-state index contributed by atoms with van der Waals surface area (Å²) in [4.78, 5) is 21.0. The van der Waals surface area contributed by atoms with E-state index in [0.29, 0.717) is 36.0 Å². The molecule has 5 heteroatoms. The second-order valence-corrected chi connectivity index (χ2v) is 10.1. The minimum absolute atomic E-state index is 0.0969. The van der Waals surface area contributed by atoms with Crippen LogP contribution in [0.1, 0.15) is 27.0 Å². The molecule has 0 radical (unpaired) electrons. The van der Waals surface area contributed by atoms with E-state index in [2.05, 4.69) is 12.1 Å². The number of aromatic hydroxyl groups is 1. The number of carbonyl (C=O) groups excluding carboxylic acids is 1. The average molecular weight is 563 g/mol. The fourth-order valence-electron chi connectivity index (χ4n) is 5.03. The number of hydrogen-bond acceptors (Lipinski definition) is 4. The molecule has 0 saturated heterocycles. The maximum absolute atomic E-state index is 14.4. The molecule has 1 aliphatic heterocycles. The van der Waals surface area contributed by atoms with Crippen LogP contribution in [0.3, 0.4) is 0 Å². The first-order chi connectivity index (χ1) is 21.2. The summed E-state index contributed by atoms with van der Waals surface area (Å²) < 4.78 is 6.58. The van der Waals surface area contributed by atoms with Crippen LogP contribution in [-0.4, -0.2) is 16.9 Å². The summed E-state index contributed by atoms with van der Waals surface area (Å²) in [5.74, 6) is 0.467. The van der Waals surface area contributed by atoms with E-state index in [0.717, 1.165) is 22.3 Å². The van der Waals surface area contributed by atoms with Crippen LogP contribution in [0.25, 0.3) is 6.08 Å². The van der Waals surface area contributed by atoms with Gasteiger partial charge < -0.3 is 9.84 Å². The van der Waals surface area contributed by atoms with Crippen LogP contribution >= 0.6 is 0 Å². The first-order valence-electron chi connectivity index (χ1n) is 14.2. The number of amides is 1. The Kier molecular flexibility index (Phi) is 8.23. The van der Waals surface area contributed by atoms with Crippen molar-refractivity contribution < 1.29 is 14.6 Å². The lowest BCUT2D eigenvalue weighted by Gasteiger charge is -2.25. The molecule has 1 amide bonds. The molecule has 5 aromatic carbocycles. The zero-order valence-corrected chi connectivity index (χ0v) is 23.5. The van der Waals surface area contributed by atoms with Crippen LogP contribution in [0, 0.1) is 0 Å². The van der Waals surface area contributed by atoms with Crippen molar-refractivity contribution in [1.29, 1.82) is 0 Å². The van der Waals surface area contributed by atoms with Gasteiger partial charge in [-0.05, 0) is 47.0 Å². The van der Waals surface area contributed by atoms with Crippen LogP contribution in [-0.2, 0) is 17.7 Å². The largest absolute Gasteiger partial charge is 0.507 e. The maximum atomic E-state index is 14.4. The lowest BCUT2D eigenvalue weighted by molar-refractivity contribution is 0.0993. The summed E-state index contributed by atoms with van der Waals surface area (Å²) in [5, 5.41) is 10.7. The number of phenols is 1.